The molecule has 90 valence electrons. The molecule has 3 nitrogen and oxygen atoms in total. The van der Waals surface area contributed by atoms with Gasteiger partial charge in [-0.05, 0) is 53.4 Å². The van der Waals surface area contributed by atoms with Crippen molar-refractivity contribution in [3.05, 3.63) is 0 Å². The second kappa shape index (κ2) is 4.40. The van der Waals surface area contributed by atoms with Crippen LogP contribution in [-0.4, -0.2) is 28.5 Å². The van der Waals surface area contributed by atoms with Crippen molar-refractivity contribution in [3.8, 4) is 0 Å². The number of aliphatic hydroxyl groups is 1. The molecule has 1 aliphatic carbocycles. The maximum absolute atomic E-state index is 9.98. The number of hydrogen-bond donors (Lipinski definition) is 2. The van der Waals surface area contributed by atoms with Gasteiger partial charge in [0.15, 0.2) is 0 Å². The van der Waals surface area contributed by atoms with E-state index in [4.69, 9.17) is 10.5 Å². The van der Waals surface area contributed by atoms with Crippen LogP contribution in [0.4, 0.5) is 0 Å². The summed E-state index contributed by atoms with van der Waals surface area (Å²) in [5.74, 6) is 0. The van der Waals surface area contributed by atoms with Gasteiger partial charge in [-0.25, -0.2) is 0 Å². The van der Waals surface area contributed by atoms with Crippen molar-refractivity contribution in [1.82, 2.24) is 0 Å². The van der Waals surface area contributed by atoms with Crippen LogP contribution in [0.5, 0.6) is 0 Å². The van der Waals surface area contributed by atoms with Crippen molar-refractivity contribution < 1.29 is 9.84 Å². The SMILES string of the molecule is CC1(O)CCC(N)C(OC(C)(C)C)CC1. The van der Waals surface area contributed by atoms with Crippen molar-refractivity contribution in [1.29, 1.82) is 0 Å². The molecular weight excluding hydrogens is 190 g/mol. The standard InChI is InChI=1S/C12H25NO2/c1-11(2,3)15-10-6-8-12(4,14)7-5-9(10)13/h9-10,14H,5-8,13H2,1-4H3. The molecule has 0 spiro atoms. The highest BCUT2D eigenvalue weighted by Crippen LogP contribution is 2.29. The molecule has 1 rings (SSSR count). The van der Waals surface area contributed by atoms with E-state index < -0.39 is 5.60 Å². The minimum atomic E-state index is -0.562. The molecule has 0 aliphatic heterocycles. The number of nitrogens with two attached hydrogens (primary N) is 1. The summed E-state index contributed by atoms with van der Waals surface area (Å²) < 4.78 is 5.93. The quantitative estimate of drug-likeness (QED) is 0.656. The molecule has 1 saturated carbocycles. The van der Waals surface area contributed by atoms with Crippen LogP contribution < -0.4 is 5.73 Å². The normalized spacial score (nSPS) is 38.8. The molecule has 3 unspecified atom stereocenters. The Morgan fingerprint density at radius 3 is 2.33 bits per heavy atom. The first kappa shape index (κ1) is 12.9. The van der Waals surface area contributed by atoms with E-state index in [1.165, 1.54) is 0 Å². The van der Waals surface area contributed by atoms with Crippen LogP contribution >= 0.6 is 0 Å². The number of ether oxygens (including phenoxy) is 1. The second-order valence-electron chi connectivity index (χ2n) is 6.01. The van der Waals surface area contributed by atoms with Crippen molar-refractivity contribution in [3.63, 3.8) is 0 Å². The van der Waals surface area contributed by atoms with Crippen LogP contribution in [0.15, 0.2) is 0 Å². The van der Waals surface area contributed by atoms with Gasteiger partial charge in [0.05, 0.1) is 17.3 Å². The predicted molar refractivity (Wildman–Crippen MR) is 61.7 cm³/mol. The smallest absolute Gasteiger partial charge is 0.0734 e. The first-order valence-corrected chi connectivity index (χ1v) is 5.85. The molecule has 1 fully saturated rings. The van der Waals surface area contributed by atoms with Crippen molar-refractivity contribution in [2.24, 2.45) is 5.73 Å². The fraction of sp³-hybridized carbons (Fsp3) is 1.00. The van der Waals surface area contributed by atoms with E-state index in [1.807, 2.05) is 27.7 Å². The Balaban J connectivity index is 2.58. The summed E-state index contributed by atoms with van der Waals surface area (Å²) in [6.45, 7) is 8.02. The molecule has 3 heteroatoms. The van der Waals surface area contributed by atoms with Crippen molar-refractivity contribution in [2.75, 3.05) is 0 Å². The minimum absolute atomic E-state index is 0.0539. The van der Waals surface area contributed by atoms with E-state index in [1.54, 1.807) is 0 Å². The Labute approximate surface area is 93.0 Å². The third-order valence-corrected chi connectivity index (χ3v) is 2.97. The first-order chi connectivity index (χ1) is 6.70. The summed E-state index contributed by atoms with van der Waals surface area (Å²) in [7, 11) is 0. The minimum Gasteiger partial charge on any atom is -0.390 e. The fourth-order valence-corrected chi connectivity index (χ4v) is 2.06. The Morgan fingerprint density at radius 2 is 1.80 bits per heavy atom. The van der Waals surface area contributed by atoms with Gasteiger partial charge in [-0.2, -0.15) is 0 Å². The van der Waals surface area contributed by atoms with Gasteiger partial charge in [-0.3, -0.25) is 0 Å². The molecule has 0 aromatic heterocycles. The van der Waals surface area contributed by atoms with E-state index in [-0.39, 0.29) is 17.7 Å². The molecule has 3 N–H and O–H groups in total. The average Bonchev–Trinajstić information content (AvgIpc) is 2.16. The second-order valence-corrected chi connectivity index (χ2v) is 6.01. The van der Waals surface area contributed by atoms with Crippen LogP contribution in [0, 0.1) is 0 Å². The summed E-state index contributed by atoms with van der Waals surface area (Å²) in [5, 5.41) is 9.98. The van der Waals surface area contributed by atoms with Crippen LogP contribution in [0.3, 0.4) is 0 Å². The summed E-state index contributed by atoms with van der Waals surface area (Å²) in [5.41, 5.74) is 5.35. The first-order valence-electron chi connectivity index (χ1n) is 5.85. The Bertz CT molecular complexity index is 208. The van der Waals surface area contributed by atoms with Gasteiger partial charge in [0.25, 0.3) is 0 Å². The van der Waals surface area contributed by atoms with Gasteiger partial charge in [0.1, 0.15) is 0 Å². The molecule has 0 saturated heterocycles. The Morgan fingerprint density at radius 1 is 1.27 bits per heavy atom. The largest absolute Gasteiger partial charge is 0.390 e. The van der Waals surface area contributed by atoms with Crippen LogP contribution in [0.2, 0.25) is 0 Å². The lowest BCUT2D eigenvalue weighted by Crippen LogP contribution is -2.40. The Kier molecular flexibility index (Phi) is 3.80. The van der Waals surface area contributed by atoms with Crippen LogP contribution in [0.1, 0.15) is 53.4 Å². The van der Waals surface area contributed by atoms with E-state index in [0.717, 1.165) is 25.7 Å². The molecule has 0 radical (unpaired) electrons. The molecule has 0 aromatic rings. The predicted octanol–water partition coefficient (Wildman–Crippen LogP) is 1.82. The molecule has 0 bridgehead atoms. The van der Waals surface area contributed by atoms with Gasteiger partial charge in [-0.15, -0.1) is 0 Å². The lowest BCUT2D eigenvalue weighted by molar-refractivity contribution is -0.0745. The summed E-state index contributed by atoms with van der Waals surface area (Å²) in [6.07, 6.45) is 3.33. The van der Waals surface area contributed by atoms with Crippen molar-refractivity contribution >= 4 is 0 Å². The van der Waals surface area contributed by atoms with Gasteiger partial charge in [0.2, 0.25) is 0 Å². The molecule has 3 atom stereocenters. The molecule has 0 aromatic carbocycles. The zero-order valence-corrected chi connectivity index (χ0v) is 10.4. The van der Waals surface area contributed by atoms with E-state index in [2.05, 4.69) is 0 Å². The van der Waals surface area contributed by atoms with Crippen molar-refractivity contribution in [2.45, 2.75) is 76.7 Å². The van der Waals surface area contributed by atoms with E-state index >= 15 is 0 Å². The van der Waals surface area contributed by atoms with Gasteiger partial charge in [-0.1, -0.05) is 0 Å². The lowest BCUT2D eigenvalue weighted by Gasteiger charge is -2.30. The van der Waals surface area contributed by atoms with Gasteiger partial charge in [0, 0.05) is 6.04 Å². The summed E-state index contributed by atoms with van der Waals surface area (Å²) in [4.78, 5) is 0. The maximum Gasteiger partial charge on any atom is 0.0734 e. The Hall–Kier alpha value is -0.120. The molecule has 0 amide bonds. The van der Waals surface area contributed by atoms with E-state index in [9.17, 15) is 5.11 Å². The van der Waals surface area contributed by atoms with Crippen LogP contribution in [0.25, 0.3) is 0 Å². The van der Waals surface area contributed by atoms with Crippen LogP contribution in [-0.2, 0) is 4.74 Å². The highest BCUT2D eigenvalue weighted by Gasteiger charge is 2.32. The summed E-state index contributed by atoms with van der Waals surface area (Å²) >= 11 is 0. The number of rotatable bonds is 1. The molecule has 0 heterocycles. The third kappa shape index (κ3) is 4.49. The zero-order valence-electron chi connectivity index (χ0n) is 10.4. The molecule has 15 heavy (non-hydrogen) atoms. The third-order valence-electron chi connectivity index (χ3n) is 2.97. The zero-order chi connectivity index (χ0) is 11.7. The highest BCUT2D eigenvalue weighted by molar-refractivity contribution is 4.87. The average molecular weight is 215 g/mol. The topological polar surface area (TPSA) is 55.5 Å². The highest BCUT2D eigenvalue weighted by atomic mass is 16.5. The number of hydrogen-bond acceptors (Lipinski definition) is 3. The molecule has 1 aliphatic rings. The lowest BCUT2D eigenvalue weighted by atomic mass is 9.97. The van der Waals surface area contributed by atoms with Gasteiger partial charge < -0.3 is 15.6 Å². The fourth-order valence-electron chi connectivity index (χ4n) is 2.06. The maximum atomic E-state index is 9.98. The summed E-state index contributed by atoms with van der Waals surface area (Å²) in [6, 6.07) is 0.0539. The van der Waals surface area contributed by atoms with E-state index in [0.29, 0.717) is 0 Å². The monoisotopic (exact) mass is 215 g/mol. The van der Waals surface area contributed by atoms with Gasteiger partial charge >= 0.3 is 0 Å². The molecular formula is C12H25NO2.